The van der Waals surface area contributed by atoms with Crippen LogP contribution in [0, 0.1) is 11.7 Å². The minimum Gasteiger partial charge on any atom is -0.376 e. The van der Waals surface area contributed by atoms with Crippen LogP contribution in [0.25, 0.3) is 0 Å². The molecule has 1 saturated carbocycles. The molecule has 30 heavy (non-hydrogen) atoms. The van der Waals surface area contributed by atoms with Crippen LogP contribution in [0.15, 0.2) is 48.5 Å². The summed E-state index contributed by atoms with van der Waals surface area (Å²) in [6.45, 7) is 1.65. The molecule has 2 fully saturated rings. The first kappa shape index (κ1) is 20.5. The van der Waals surface area contributed by atoms with Gasteiger partial charge < -0.3 is 15.0 Å². The summed E-state index contributed by atoms with van der Waals surface area (Å²) in [5, 5.41) is 2.93. The highest BCUT2D eigenvalue weighted by Crippen LogP contribution is 2.33. The van der Waals surface area contributed by atoms with Crippen molar-refractivity contribution in [3.8, 4) is 0 Å². The van der Waals surface area contributed by atoms with Crippen molar-refractivity contribution in [2.75, 3.05) is 18.1 Å². The lowest BCUT2D eigenvalue weighted by molar-refractivity contribution is -0.121. The molecule has 2 aromatic carbocycles. The van der Waals surface area contributed by atoms with Crippen LogP contribution in [-0.2, 0) is 27.3 Å². The zero-order chi connectivity index (χ0) is 20.9. The number of benzene rings is 2. The minimum absolute atomic E-state index is 0.0380. The fourth-order valence-corrected chi connectivity index (χ4v) is 3.74. The van der Waals surface area contributed by atoms with E-state index in [4.69, 9.17) is 4.74 Å². The molecule has 1 saturated heterocycles. The van der Waals surface area contributed by atoms with E-state index >= 15 is 0 Å². The Morgan fingerprint density at radius 1 is 1.07 bits per heavy atom. The van der Waals surface area contributed by atoms with Gasteiger partial charge in [0.25, 0.3) is 0 Å². The molecular formula is C24H27FN2O3. The first-order valence-electron chi connectivity index (χ1n) is 10.6. The molecule has 158 valence electrons. The lowest BCUT2D eigenvalue weighted by atomic mass is 10.1. The number of hydrogen-bond donors (Lipinski definition) is 1. The molecule has 0 bridgehead atoms. The Kier molecular flexibility index (Phi) is 6.43. The summed E-state index contributed by atoms with van der Waals surface area (Å²) in [5.74, 6) is -0.220. The standard InChI is InChI=1S/C24H27FN2O3/c25-20-4-1-3-18(13-20)16-27(24(29)19-8-9-19)21-10-6-17(7-11-21)14-23(28)26-15-22-5-2-12-30-22/h1,3-4,6-7,10-11,13,19,22H,2,5,8-9,12,14-16H2,(H,26,28)/t22-/m1/s1. The number of rotatable bonds is 8. The number of hydrogen-bond acceptors (Lipinski definition) is 3. The molecule has 0 unspecified atom stereocenters. The molecule has 1 aliphatic heterocycles. The molecule has 1 aliphatic carbocycles. The average molecular weight is 410 g/mol. The van der Waals surface area contributed by atoms with Crippen molar-refractivity contribution in [3.05, 3.63) is 65.5 Å². The maximum absolute atomic E-state index is 13.6. The van der Waals surface area contributed by atoms with Crippen molar-refractivity contribution < 1.29 is 18.7 Å². The third kappa shape index (κ3) is 5.45. The highest BCUT2D eigenvalue weighted by Gasteiger charge is 2.34. The number of nitrogens with one attached hydrogen (secondary N) is 1. The molecule has 4 rings (SSSR count). The van der Waals surface area contributed by atoms with Gasteiger partial charge in [0.05, 0.1) is 19.1 Å². The molecule has 1 heterocycles. The van der Waals surface area contributed by atoms with E-state index < -0.39 is 0 Å². The van der Waals surface area contributed by atoms with Crippen molar-refractivity contribution in [1.82, 2.24) is 5.32 Å². The van der Waals surface area contributed by atoms with E-state index in [0.29, 0.717) is 13.1 Å². The largest absolute Gasteiger partial charge is 0.376 e. The van der Waals surface area contributed by atoms with Gasteiger partial charge in [-0.25, -0.2) is 4.39 Å². The smallest absolute Gasteiger partial charge is 0.230 e. The van der Waals surface area contributed by atoms with Gasteiger partial charge in [0.2, 0.25) is 11.8 Å². The Labute approximate surface area is 176 Å². The highest BCUT2D eigenvalue weighted by atomic mass is 19.1. The maximum Gasteiger partial charge on any atom is 0.230 e. The summed E-state index contributed by atoms with van der Waals surface area (Å²) in [6, 6.07) is 13.8. The summed E-state index contributed by atoms with van der Waals surface area (Å²) >= 11 is 0. The number of anilines is 1. The Morgan fingerprint density at radius 2 is 1.87 bits per heavy atom. The average Bonchev–Trinajstić information content (AvgIpc) is 3.46. The maximum atomic E-state index is 13.6. The van der Waals surface area contributed by atoms with Gasteiger partial charge in [0.1, 0.15) is 5.82 Å². The van der Waals surface area contributed by atoms with E-state index in [1.54, 1.807) is 11.0 Å². The number of carbonyl (C=O) groups excluding carboxylic acids is 2. The van der Waals surface area contributed by atoms with Gasteiger partial charge in [-0.1, -0.05) is 24.3 Å². The number of amides is 2. The predicted octanol–water partition coefficient (Wildman–Crippen LogP) is 3.61. The van der Waals surface area contributed by atoms with Gasteiger partial charge in [-0.3, -0.25) is 9.59 Å². The molecule has 0 radical (unpaired) electrons. The second-order valence-corrected chi connectivity index (χ2v) is 8.11. The third-order valence-electron chi connectivity index (χ3n) is 5.59. The molecule has 5 nitrogen and oxygen atoms in total. The van der Waals surface area contributed by atoms with Gasteiger partial charge >= 0.3 is 0 Å². The van der Waals surface area contributed by atoms with Crippen LogP contribution >= 0.6 is 0 Å². The molecular weight excluding hydrogens is 383 g/mol. The van der Waals surface area contributed by atoms with E-state index in [2.05, 4.69) is 5.32 Å². The number of ether oxygens (including phenoxy) is 1. The lowest BCUT2D eigenvalue weighted by Crippen LogP contribution is -2.33. The summed E-state index contributed by atoms with van der Waals surface area (Å²) in [6.07, 6.45) is 4.26. The summed E-state index contributed by atoms with van der Waals surface area (Å²) < 4.78 is 19.1. The van der Waals surface area contributed by atoms with Crippen molar-refractivity contribution >= 4 is 17.5 Å². The highest BCUT2D eigenvalue weighted by molar-refractivity contribution is 5.96. The van der Waals surface area contributed by atoms with Crippen molar-refractivity contribution in [3.63, 3.8) is 0 Å². The van der Waals surface area contributed by atoms with Crippen LogP contribution in [0.2, 0.25) is 0 Å². The van der Waals surface area contributed by atoms with E-state index in [0.717, 1.165) is 49.1 Å². The van der Waals surface area contributed by atoms with Crippen LogP contribution in [0.4, 0.5) is 10.1 Å². The van der Waals surface area contributed by atoms with Crippen LogP contribution in [-0.4, -0.2) is 31.1 Å². The van der Waals surface area contributed by atoms with E-state index in [9.17, 15) is 14.0 Å². The molecule has 2 amide bonds. The zero-order valence-corrected chi connectivity index (χ0v) is 17.0. The van der Waals surface area contributed by atoms with Gasteiger partial charge in [-0.05, 0) is 61.1 Å². The molecule has 1 atom stereocenters. The molecule has 2 aliphatic rings. The second kappa shape index (κ2) is 9.39. The van der Waals surface area contributed by atoms with Gasteiger partial charge in [-0.15, -0.1) is 0 Å². The van der Waals surface area contributed by atoms with Gasteiger partial charge in [0, 0.05) is 24.8 Å². The van der Waals surface area contributed by atoms with Gasteiger partial charge in [0.15, 0.2) is 0 Å². The fourth-order valence-electron chi connectivity index (χ4n) is 3.74. The quantitative estimate of drug-likeness (QED) is 0.723. The van der Waals surface area contributed by atoms with Crippen molar-refractivity contribution in [1.29, 1.82) is 0 Å². The Balaban J connectivity index is 1.40. The topological polar surface area (TPSA) is 58.6 Å². The minimum atomic E-state index is -0.310. The normalized spacial score (nSPS) is 18.2. The Hall–Kier alpha value is -2.73. The van der Waals surface area contributed by atoms with E-state index in [1.165, 1.54) is 12.1 Å². The first-order chi connectivity index (χ1) is 14.6. The number of nitrogens with zero attached hydrogens (tertiary/aromatic N) is 1. The molecule has 6 heteroatoms. The Bertz CT molecular complexity index is 890. The summed E-state index contributed by atoms with van der Waals surface area (Å²) in [7, 11) is 0. The predicted molar refractivity (Wildman–Crippen MR) is 112 cm³/mol. The molecule has 1 N–H and O–H groups in total. The summed E-state index contributed by atoms with van der Waals surface area (Å²) in [5.41, 5.74) is 2.40. The van der Waals surface area contributed by atoms with Crippen LogP contribution in [0.3, 0.4) is 0 Å². The Morgan fingerprint density at radius 3 is 2.53 bits per heavy atom. The SMILES string of the molecule is O=C(Cc1ccc(N(Cc2cccc(F)c2)C(=O)C2CC2)cc1)NC[C@H]1CCCO1. The van der Waals surface area contributed by atoms with Crippen molar-refractivity contribution in [2.24, 2.45) is 5.92 Å². The van der Waals surface area contributed by atoms with Crippen LogP contribution < -0.4 is 10.2 Å². The summed E-state index contributed by atoms with van der Waals surface area (Å²) in [4.78, 5) is 26.7. The molecule has 0 spiro atoms. The first-order valence-corrected chi connectivity index (χ1v) is 10.6. The van der Waals surface area contributed by atoms with Gasteiger partial charge in [-0.2, -0.15) is 0 Å². The molecule has 2 aromatic rings. The van der Waals surface area contributed by atoms with E-state index in [1.807, 2.05) is 30.3 Å². The van der Waals surface area contributed by atoms with Crippen molar-refractivity contribution in [2.45, 2.75) is 44.8 Å². The van der Waals surface area contributed by atoms with Crippen LogP contribution in [0.1, 0.15) is 36.8 Å². The number of halogens is 1. The van der Waals surface area contributed by atoms with Crippen LogP contribution in [0.5, 0.6) is 0 Å². The monoisotopic (exact) mass is 410 g/mol. The fraction of sp³-hybridized carbons (Fsp3) is 0.417. The lowest BCUT2D eigenvalue weighted by Gasteiger charge is -2.23. The third-order valence-corrected chi connectivity index (χ3v) is 5.59. The van der Waals surface area contributed by atoms with E-state index in [-0.39, 0.29) is 36.1 Å². The molecule has 0 aromatic heterocycles. The zero-order valence-electron chi connectivity index (χ0n) is 17.0. The number of carbonyl (C=O) groups is 2. The second-order valence-electron chi connectivity index (χ2n) is 8.11.